The molecule has 0 aromatic heterocycles. The number of sulfonamides is 1. The summed E-state index contributed by atoms with van der Waals surface area (Å²) in [5, 5.41) is 12.6. The second-order valence-electron chi connectivity index (χ2n) is 8.11. The molecule has 1 heterocycles. The number of hydrogen-bond acceptors (Lipinski definition) is 5. The van der Waals surface area contributed by atoms with Crippen LogP contribution in [-0.2, 0) is 20.4 Å². The third-order valence-corrected chi connectivity index (χ3v) is 7.68. The molecule has 3 rings (SSSR count). The molecule has 1 aromatic rings. The molecule has 1 saturated carbocycles. The molecule has 0 spiro atoms. The minimum atomic E-state index is -4.88. The van der Waals surface area contributed by atoms with Gasteiger partial charge < -0.3 is 10.4 Å². The van der Waals surface area contributed by atoms with Crippen LogP contribution in [0.2, 0.25) is 0 Å². The van der Waals surface area contributed by atoms with E-state index in [2.05, 4.69) is 5.32 Å². The van der Waals surface area contributed by atoms with E-state index in [0.717, 1.165) is 37.1 Å². The van der Waals surface area contributed by atoms with E-state index in [1.165, 1.54) is 4.31 Å². The first-order chi connectivity index (χ1) is 13.8. The molecule has 1 amide bonds. The van der Waals surface area contributed by atoms with E-state index in [-0.39, 0.29) is 29.3 Å². The molecule has 0 radical (unpaired) electrons. The predicted molar refractivity (Wildman–Crippen MR) is 103 cm³/mol. The molecule has 0 bridgehead atoms. The third-order valence-electron chi connectivity index (χ3n) is 5.65. The lowest BCUT2D eigenvalue weighted by atomic mass is 9.96. The van der Waals surface area contributed by atoms with E-state index in [4.69, 9.17) is 0 Å². The van der Waals surface area contributed by atoms with Gasteiger partial charge in [-0.05, 0) is 44.4 Å². The molecule has 1 saturated heterocycles. The Kier molecular flexibility index (Phi) is 6.21. The van der Waals surface area contributed by atoms with E-state index in [1.807, 2.05) is 4.90 Å². The summed E-state index contributed by atoms with van der Waals surface area (Å²) in [5.41, 5.74) is -3.50. The number of halogens is 3. The Morgan fingerprint density at radius 2 is 1.80 bits per heavy atom. The van der Waals surface area contributed by atoms with Gasteiger partial charge in [0.1, 0.15) is 0 Å². The molecule has 11 heteroatoms. The highest BCUT2D eigenvalue weighted by Crippen LogP contribution is 2.38. The summed E-state index contributed by atoms with van der Waals surface area (Å²) in [6.07, 6.45) is -3.07. The lowest BCUT2D eigenvalue weighted by Crippen LogP contribution is -2.55. The average molecular weight is 449 g/mol. The fraction of sp³-hybridized carbons (Fsp3) is 0.632. The van der Waals surface area contributed by atoms with Gasteiger partial charge in [0.05, 0.1) is 11.6 Å². The average Bonchev–Trinajstić information content (AvgIpc) is 3.50. The van der Waals surface area contributed by atoms with Gasteiger partial charge in [0.2, 0.25) is 15.9 Å². The highest BCUT2D eigenvalue weighted by molar-refractivity contribution is 7.89. The molecular formula is C19H26F3N3O4S. The molecule has 1 aliphatic carbocycles. The van der Waals surface area contributed by atoms with Crippen molar-refractivity contribution in [3.8, 4) is 0 Å². The second kappa shape index (κ2) is 8.10. The van der Waals surface area contributed by atoms with Gasteiger partial charge >= 0.3 is 6.18 Å². The Labute approximate surface area is 173 Å². The first kappa shape index (κ1) is 23.0. The summed E-state index contributed by atoms with van der Waals surface area (Å²) in [7, 11) is -3.91. The first-order valence-electron chi connectivity index (χ1n) is 9.75. The smallest absolute Gasteiger partial charge is 0.376 e. The van der Waals surface area contributed by atoms with Gasteiger partial charge in [-0.2, -0.15) is 17.5 Å². The van der Waals surface area contributed by atoms with Crippen molar-refractivity contribution in [2.24, 2.45) is 5.92 Å². The van der Waals surface area contributed by atoms with Crippen molar-refractivity contribution in [3.63, 3.8) is 0 Å². The van der Waals surface area contributed by atoms with Crippen molar-refractivity contribution in [2.75, 3.05) is 26.3 Å². The Morgan fingerprint density at radius 3 is 2.30 bits per heavy atom. The summed E-state index contributed by atoms with van der Waals surface area (Å²) >= 11 is 0. The molecular weight excluding hydrogens is 423 g/mol. The van der Waals surface area contributed by atoms with Crippen molar-refractivity contribution in [3.05, 3.63) is 29.8 Å². The van der Waals surface area contributed by atoms with Crippen LogP contribution in [0.3, 0.4) is 0 Å². The van der Waals surface area contributed by atoms with Gasteiger partial charge in [-0.3, -0.25) is 9.69 Å². The standard InChI is InChI=1S/C19H26F3N3O4S/c1-13-11-24(12-23-17(26)14-3-4-14)9-10-25(13)30(28,29)16-7-5-15(6-8-16)18(2,27)19(20,21)22/h5-8,13-14,27H,3-4,9-12H2,1-2H3,(H,23,26)/t13-,18+/m1/s1. The molecule has 2 aliphatic rings. The van der Waals surface area contributed by atoms with Crippen molar-refractivity contribution in [2.45, 2.75) is 49.4 Å². The third kappa shape index (κ3) is 4.63. The Bertz CT molecular complexity index is 883. The molecule has 30 heavy (non-hydrogen) atoms. The monoisotopic (exact) mass is 449 g/mol. The quantitative estimate of drug-likeness (QED) is 0.689. The van der Waals surface area contributed by atoms with Crippen LogP contribution in [0.4, 0.5) is 13.2 Å². The molecule has 1 aliphatic heterocycles. The van der Waals surface area contributed by atoms with E-state index in [0.29, 0.717) is 26.7 Å². The topological polar surface area (TPSA) is 90.0 Å². The van der Waals surface area contributed by atoms with Gasteiger partial charge in [-0.1, -0.05) is 12.1 Å². The minimum Gasteiger partial charge on any atom is -0.376 e. The second-order valence-corrected chi connectivity index (χ2v) is 10.0. The van der Waals surface area contributed by atoms with Crippen LogP contribution in [0.15, 0.2) is 29.2 Å². The van der Waals surface area contributed by atoms with Crippen molar-refractivity contribution < 1.29 is 31.5 Å². The maximum atomic E-state index is 13.0. The van der Waals surface area contributed by atoms with E-state index >= 15 is 0 Å². The number of carbonyl (C=O) groups excluding carboxylic acids is 1. The summed E-state index contributed by atoms with van der Waals surface area (Å²) in [6.45, 7) is 3.77. The summed E-state index contributed by atoms with van der Waals surface area (Å²) in [5.74, 6) is 0.123. The SMILES string of the molecule is C[C@@H]1CN(CNC(=O)C2CC2)CCN1S(=O)(=O)c1ccc([C@](C)(O)C(F)(F)F)cc1. The largest absolute Gasteiger partial charge is 0.421 e. The molecule has 2 N–H and O–H groups in total. The number of benzene rings is 1. The van der Waals surface area contributed by atoms with Crippen LogP contribution < -0.4 is 5.32 Å². The van der Waals surface area contributed by atoms with Crippen molar-refractivity contribution >= 4 is 15.9 Å². The van der Waals surface area contributed by atoms with Crippen LogP contribution in [0.5, 0.6) is 0 Å². The Hall–Kier alpha value is -1.69. The predicted octanol–water partition coefficient (Wildman–Crippen LogP) is 1.63. The maximum Gasteiger partial charge on any atom is 0.421 e. The molecule has 0 unspecified atom stereocenters. The highest BCUT2D eigenvalue weighted by Gasteiger charge is 2.51. The van der Waals surface area contributed by atoms with E-state index in [1.54, 1.807) is 6.92 Å². The van der Waals surface area contributed by atoms with Crippen LogP contribution in [0, 0.1) is 5.92 Å². The number of nitrogens with zero attached hydrogens (tertiary/aromatic N) is 2. The first-order valence-corrected chi connectivity index (χ1v) is 11.2. The number of alkyl halides is 3. The lowest BCUT2D eigenvalue weighted by molar-refractivity contribution is -0.258. The van der Waals surface area contributed by atoms with Crippen LogP contribution in [0.25, 0.3) is 0 Å². The van der Waals surface area contributed by atoms with Crippen LogP contribution >= 0.6 is 0 Å². The summed E-state index contributed by atoms with van der Waals surface area (Å²) < 4.78 is 66.2. The van der Waals surface area contributed by atoms with Gasteiger partial charge in [0, 0.05) is 31.6 Å². The van der Waals surface area contributed by atoms with Gasteiger partial charge in [-0.25, -0.2) is 8.42 Å². The number of piperazine rings is 1. The van der Waals surface area contributed by atoms with Crippen LogP contribution in [0.1, 0.15) is 32.3 Å². The van der Waals surface area contributed by atoms with Gasteiger partial charge in [-0.15, -0.1) is 0 Å². The number of rotatable bonds is 6. The summed E-state index contributed by atoms with van der Waals surface area (Å²) in [4.78, 5) is 13.6. The minimum absolute atomic E-state index is 0.0209. The molecule has 7 nitrogen and oxygen atoms in total. The summed E-state index contributed by atoms with van der Waals surface area (Å²) in [6, 6.07) is 3.75. The lowest BCUT2D eigenvalue weighted by Gasteiger charge is -2.39. The van der Waals surface area contributed by atoms with Crippen LogP contribution in [-0.4, -0.2) is 67.2 Å². The number of aliphatic hydroxyl groups is 1. The van der Waals surface area contributed by atoms with Crippen molar-refractivity contribution in [1.82, 2.24) is 14.5 Å². The molecule has 2 fully saturated rings. The van der Waals surface area contributed by atoms with E-state index < -0.39 is 27.4 Å². The van der Waals surface area contributed by atoms with Gasteiger partial charge in [0.15, 0.2) is 5.60 Å². The normalized spacial score (nSPS) is 23.7. The molecule has 1 aromatic carbocycles. The zero-order chi connectivity index (χ0) is 22.3. The zero-order valence-electron chi connectivity index (χ0n) is 16.8. The maximum absolute atomic E-state index is 13.0. The highest BCUT2D eigenvalue weighted by atomic mass is 32.2. The Balaban J connectivity index is 1.66. The number of amides is 1. The number of carbonyl (C=O) groups is 1. The Morgan fingerprint density at radius 1 is 1.20 bits per heavy atom. The van der Waals surface area contributed by atoms with Gasteiger partial charge in [0.25, 0.3) is 0 Å². The zero-order valence-corrected chi connectivity index (χ0v) is 17.6. The molecule has 2 atom stereocenters. The number of hydrogen-bond donors (Lipinski definition) is 2. The molecule has 168 valence electrons. The van der Waals surface area contributed by atoms with Crippen molar-refractivity contribution in [1.29, 1.82) is 0 Å². The van der Waals surface area contributed by atoms with E-state index in [9.17, 15) is 31.5 Å². The fourth-order valence-electron chi connectivity index (χ4n) is 3.45. The fourth-order valence-corrected chi connectivity index (χ4v) is 5.06. The number of nitrogens with one attached hydrogen (secondary N) is 1.